The van der Waals surface area contributed by atoms with Gasteiger partial charge in [0.1, 0.15) is 5.60 Å². The maximum Gasteiger partial charge on any atom is 0.307 e. The van der Waals surface area contributed by atoms with Gasteiger partial charge in [-0.1, -0.05) is 18.2 Å². The highest BCUT2D eigenvalue weighted by Gasteiger charge is 2.48. The number of para-hydroxylation sites is 1. The molecule has 23 heavy (non-hydrogen) atoms. The SMILES string of the molecule is CN(CCC(=O)OC(C)(C)C)C1CC2(C=Nc3ccccc32)C1. The molecule has 3 rings (SSSR count). The number of esters is 1. The summed E-state index contributed by atoms with van der Waals surface area (Å²) in [6.45, 7) is 6.46. The van der Waals surface area contributed by atoms with Crippen molar-refractivity contribution >= 4 is 17.9 Å². The quantitative estimate of drug-likeness (QED) is 0.799. The van der Waals surface area contributed by atoms with Gasteiger partial charge in [0.05, 0.1) is 12.1 Å². The molecule has 2 aliphatic rings. The standard InChI is InChI=1S/C19H26N2O2/c1-18(2,3)23-17(22)9-10-21(4)14-11-19(12-14)13-20-16-8-6-5-7-15(16)19/h5-8,13-14H,9-12H2,1-4H3. The zero-order valence-corrected chi connectivity index (χ0v) is 14.5. The van der Waals surface area contributed by atoms with Crippen molar-refractivity contribution in [1.82, 2.24) is 4.90 Å². The van der Waals surface area contributed by atoms with Crippen LogP contribution in [0.2, 0.25) is 0 Å². The Morgan fingerprint density at radius 1 is 1.35 bits per heavy atom. The van der Waals surface area contributed by atoms with E-state index in [2.05, 4.69) is 41.4 Å². The van der Waals surface area contributed by atoms with E-state index in [0.717, 1.165) is 25.1 Å². The molecule has 0 atom stereocenters. The Balaban J connectivity index is 1.50. The van der Waals surface area contributed by atoms with Crippen LogP contribution in [0.3, 0.4) is 0 Å². The maximum atomic E-state index is 11.8. The molecule has 0 unspecified atom stereocenters. The van der Waals surface area contributed by atoms with Gasteiger partial charge in [0, 0.05) is 24.2 Å². The van der Waals surface area contributed by atoms with E-state index in [1.54, 1.807) is 0 Å². The first-order chi connectivity index (χ1) is 10.8. The van der Waals surface area contributed by atoms with E-state index >= 15 is 0 Å². The lowest BCUT2D eigenvalue weighted by Gasteiger charge is -2.48. The average molecular weight is 314 g/mol. The van der Waals surface area contributed by atoms with Gasteiger partial charge in [-0.3, -0.25) is 9.79 Å². The minimum absolute atomic E-state index is 0.119. The molecule has 1 aliphatic carbocycles. The highest BCUT2D eigenvalue weighted by atomic mass is 16.6. The number of hydrogen-bond donors (Lipinski definition) is 0. The molecule has 1 aromatic rings. The fourth-order valence-corrected chi connectivity index (χ4v) is 3.53. The van der Waals surface area contributed by atoms with Crippen LogP contribution < -0.4 is 0 Å². The van der Waals surface area contributed by atoms with Gasteiger partial charge in [-0.2, -0.15) is 0 Å². The smallest absolute Gasteiger partial charge is 0.307 e. The Kier molecular flexibility index (Phi) is 4.05. The first kappa shape index (κ1) is 16.2. The molecule has 4 nitrogen and oxygen atoms in total. The van der Waals surface area contributed by atoms with Crippen molar-refractivity contribution in [1.29, 1.82) is 0 Å². The Morgan fingerprint density at radius 3 is 2.74 bits per heavy atom. The second kappa shape index (κ2) is 5.75. The van der Waals surface area contributed by atoms with Crippen LogP contribution >= 0.6 is 0 Å². The van der Waals surface area contributed by atoms with E-state index in [0.29, 0.717) is 12.5 Å². The predicted octanol–water partition coefficient (Wildman–Crippen LogP) is 3.47. The summed E-state index contributed by atoms with van der Waals surface area (Å²) in [4.78, 5) is 18.7. The third-order valence-corrected chi connectivity index (χ3v) is 4.80. The molecule has 124 valence electrons. The van der Waals surface area contributed by atoms with Gasteiger partial charge in [0.2, 0.25) is 0 Å². The van der Waals surface area contributed by atoms with Crippen LogP contribution in [0.15, 0.2) is 29.3 Å². The molecule has 0 aromatic heterocycles. The Hall–Kier alpha value is -1.68. The molecule has 0 N–H and O–H groups in total. The summed E-state index contributed by atoms with van der Waals surface area (Å²) in [7, 11) is 2.10. The summed E-state index contributed by atoms with van der Waals surface area (Å²) in [5, 5.41) is 0. The van der Waals surface area contributed by atoms with Crippen molar-refractivity contribution in [3.63, 3.8) is 0 Å². The molecule has 0 bridgehead atoms. The predicted molar refractivity (Wildman–Crippen MR) is 92.4 cm³/mol. The maximum absolute atomic E-state index is 11.8. The largest absolute Gasteiger partial charge is 0.460 e. The first-order valence-corrected chi connectivity index (χ1v) is 8.36. The lowest BCUT2D eigenvalue weighted by Crippen LogP contribution is -2.52. The van der Waals surface area contributed by atoms with Crippen LogP contribution in [0.25, 0.3) is 0 Å². The van der Waals surface area contributed by atoms with Gasteiger partial charge in [-0.25, -0.2) is 0 Å². The molecule has 1 heterocycles. The van der Waals surface area contributed by atoms with Crippen LogP contribution in [-0.4, -0.2) is 42.3 Å². The number of hydrogen-bond acceptors (Lipinski definition) is 4. The third-order valence-electron chi connectivity index (χ3n) is 4.80. The molecular weight excluding hydrogens is 288 g/mol. The van der Waals surface area contributed by atoms with Crippen molar-refractivity contribution in [2.45, 2.75) is 57.1 Å². The third kappa shape index (κ3) is 3.32. The molecule has 1 aliphatic heterocycles. The van der Waals surface area contributed by atoms with Crippen LogP contribution in [-0.2, 0) is 14.9 Å². The monoisotopic (exact) mass is 314 g/mol. The molecule has 1 spiro atoms. The summed E-state index contributed by atoms with van der Waals surface area (Å²) in [5.41, 5.74) is 2.20. The zero-order chi connectivity index (χ0) is 16.7. The first-order valence-electron chi connectivity index (χ1n) is 8.36. The number of benzene rings is 1. The summed E-state index contributed by atoms with van der Waals surface area (Å²) >= 11 is 0. The van der Waals surface area contributed by atoms with Gasteiger partial charge in [-0.15, -0.1) is 0 Å². The summed E-state index contributed by atoms with van der Waals surface area (Å²) < 4.78 is 5.37. The Morgan fingerprint density at radius 2 is 2.04 bits per heavy atom. The molecule has 1 saturated carbocycles. The van der Waals surface area contributed by atoms with Gasteiger partial charge in [-0.05, 0) is 52.3 Å². The highest BCUT2D eigenvalue weighted by molar-refractivity contribution is 5.86. The van der Waals surface area contributed by atoms with E-state index in [-0.39, 0.29) is 11.4 Å². The number of carbonyl (C=O) groups is 1. The summed E-state index contributed by atoms with van der Waals surface area (Å²) in [5.74, 6) is -0.119. The van der Waals surface area contributed by atoms with Crippen LogP contribution in [0.4, 0.5) is 5.69 Å². The number of fused-ring (bicyclic) bond motifs is 2. The molecule has 0 amide bonds. The van der Waals surface area contributed by atoms with E-state index in [1.165, 1.54) is 5.56 Å². The van der Waals surface area contributed by atoms with Crippen molar-refractivity contribution in [2.24, 2.45) is 4.99 Å². The van der Waals surface area contributed by atoms with Crippen molar-refractivity contribution in [3.05, 3.63) is 29.8 Å². The van der Waals surface area contributed by atoms with Gasteiger partial charge in [0.15, 0.2) is 0 Å². The molecule has 1 fully saturated rings. The highest BCUT2D eigenvalue weighted by Crippen LogP contribution is 2.50. The molecule has 0 saturated heterocycles. The molecular formula is C19H26N2O2. The fraction of sp³-hybridized carbons (Fsp3) is 0.579. The summed E-state index contributed by atoms with van der Waals surface area (Å²) in [6, 6.07) is 8.92. The van der Waals surface area contributed by atoms with Gasteiger partial charge in [0.25, 0.3) is 0 Å². The minimum atomic E-state index is -0.403. The van der Waals surface area contributed by atoms with Crippen LogP contribution in [0, 0.1) is 0 Å². The second-order valence-corrected chi connectivity index (χ2v) is 7.81. The Labute approximate surface area is 138 Å². The van der Waals surface area contributed by atoms with E-state index in [4.69, 9.17) is 4.74 Å². The Bertz CT molecular complexity index is 625. The molecule has 4 heteroatoms. The van der Waals surface area contributed by atoms with Crippen molar-refractivity contribution in [2.75, 3.05) is 13.6 Å². The van der Waals surface area contributed by atoms with Gasteiger partial charge < -0.3 is 9.64 Å². The van der Waals surface area contributed by atoms with Crippen LogP contribution in [0.1, 0.15) is 45.6 Å². The number of rotatable bonds is 4. The number of nitrogens with zero attached hydrogens (tertiary/aromatic N) is 2. The van der Waals surface area contributed by atoms with Crippen LogP contribution in [0.5, 0.6) is 0 Å². The van der Waals surface area contributed by atoms with E-state index in [9.17, 15) is 4.79 Å². The number of aliphatic imine (C=N–C) groups is 1. The zero-order valence-electron chi connectivity index (χ0n) is 14.5. The van der Waals surface area contributed by atoms with Crippen molar-refractivity contribution < 1.29 is 9.53 Å². The lowest BCUT2D eigenvalue weighted by molar-refractivity contribution is -0.155. The topological polar surface area (TPSA) is 41.9 Å². The normalized spacial score (nSPS) is 25.5. The van der Waals surface area contributed by atoms with E-state index in [1.807, 2.05) is 26.8 Å². The minimum Gasteiger partial charge on any atom is -0.460 e. The number of carbonyl (C=O) groups excluding carboxylic acids is 1. The number of ether oxygens (including phenoxy) is 1. The summed E-state index contributed by atoms with van der Waals surface area (Å²) in [6.07, 6.45) is 4.73. The van der Waals surface area contributed by atoms with E-state index < -0.39 is 5.60 Å². The average Bonchev–Trinajstić information content (AvgIpc) is 2.81. The fourth-order valence-electron chi connectivity index (χ4n) is 3.53. The molecule has 0 radical (unpaired) electrons. The molecule has 1 aromatic carbocycles. The second-order valence-electron chi connectivity index (χ2n) is 7.81. The van der Waals surface area contributed by atoms with Crippen molar-refractivity contribution in [3.8, 4) is 0 Å². The lowest BCUT2D eigenvalue weighted by atomic mass is 9.62. The van der Waals surface area contributed by atoms with Gasteiger partial charge >= 0.3 is 5.97 Å².